The minimum atomic E-state index is -0.609. The second kappa shape index (κ2) is 1.97. The molecule has 62 valence electrons. The summed E-state index contributed by atoms with van der Waals surface area (Å²) in [6.07, 6.45) is 1.92. The Morgan fingerprint density at radius 1 is 1.73 bits per heavy atom. The Kier molecular flexibility index (Phi) is 1.27. The van der Waals surface area contributed by atoms with Crippen molar-refractivity contribution >= 4 is 5.97 Å². The molecule has 0 aromatic carbocycles. The molecule has 0 aromatic rings. The normalized spacial score (nSPS) is 48.1. The number of aliphatic carboxylic acids is 1. The van der Waals surface area contributed by atoms with E-state index in [9.17, 15) is 4.79 Å². The van der Waals surface area contributed by atoms with Gasteiger partial charge in [-0.1, -0.05) is 0 Å². The number of piperidine rings is 1. The van der Waals surface area contributed by atoms with Crippen molar-refractivity contribution in [2.24, 2.45) is 11.3 Å². The van der Waals surface area contributed by atoms with Crippen molar-refractivity contribution in [2.45, 2.75) is 25.8 Å². The number of fused-ring (bicyclic) bond motifs is 1. The molecule has 2 N–H and O–H groups in total. The average molecular weight is 155 g/mol. The fourth-order valence-electron chi connectivity index (χ4n) is 2.34. The van der Waals surface area contributed by atoms with Gasteiger partial charge in [0.05, 0.1) is 5.41 Å². The van der Waals surface area contributed by atoms with Crippen LogP contribution in [0.2, 0.25) is 0 Å². The van der Waals surface area contributed by atoms with Crippen LogP contribution in [0.25, 0.3) is 0 Å². The smallest absolute Gasteiger partial charge is 0.311 e. The first-order valence-corrected chi connectivity index (χ1v) is 4.14. The first-order valence-electron chi connectivity index (χ1n) is 4.14. The third-order valence-corrected chi connectivity index (χ3v) is 3.27. The van der Waals surface area contributed by atoms with Gasteiger partial charge in [-0.05, 0) is 32.2 Å². The fraction of sp³-hybridized carbons (Fsp3) is 0.875. The molecule has 2 aliphatic rings. The molecule has 0 bridgehead atoms. The van der Waals surface area contributed by atoms with Crippen molar-refractivity contribution in [1.82, 2.24) is 5.32 Å². The van der Waals surface area contributed by atoms with Gasteiger partial charge in [0.15, 0.2) is 0 Å². The van der Waals surface area contributed by atoms with E-state index in [1.165, 1.54) is 0 Å². The molecule has 0 radical (unpaired) electrons. The quantitative estimate of drug-likeness (QED) is 0.578. The van der Waals surface area contributed by atoms with E-state index in [0.29, 0.717) is 5.92 Å². The van der Waals surface area contributed by atoms with Crippen LogP contribution >= 0.6 is 0 Å². The monoisotopic (exact) mass is 155 g/mol. The second-order valence-corrected chi connectivity index (χ2v) is 3.71. The topological polar surface area (TPSA) is 49.3 Å². The molecule has 1 heterocycles. The summed E-state index contributed by atoms with van der Waals surface area (Å²) in [6.45, 7) is 2.97. The fourth-order valence-corrected chi connectivity index (χ4v) is 2.34. The Labute approximate surface area is 65.8 Å². The first-order chi connectivity index (χ1) is 5.18. The minimum Gasteiger partial charge on any atom is -0.481 e. The summed E-state index contributed by atoms with van der Waals surface area (Å²) < 4.78 is 0. The van der Waals surface area contributed by atoms with Crippen LogP contribution in [0, 0.1) is 11.3 Å². The van der Waals surface area contributed by atoms with Crippen LogP contribution in [0.15, 0.2) is 0 Å². The van der Waals surface area contributed by atoms with Gasteiger partial charge in [0, 0.05) is 6.04 Å². The lowest BCUT2D eigenvalue weighted by atomic mass is 9.91. The maximum Gasteiger partial charge on any atom is 0.311 e. The van der Waals surface area contributed by atoms with Crippen molar-refractivity contribution in [3.8, 4) is 0 Å². The maximum absolute atomic E-state index is 10.9. The van der Waals surface area contributed by atoms with Crippen LogP contribution in [-0.2, 0) is 4.79 Å². The molecule has 1 saturated heterocycles. The van der Waals surface area contributed by atoms with Crippen molar-refractivity contribution in [1.29, 1.82) is 0 Å². The highest BCUT2D eigenvalue weighted by Crippen LogP contribution is 2.58. The zero-order valence-corrected chi connectivity index (χ0v) is 6.63. The van der Waals surface area contributed by atoms with E-state index in [1.54, 1.807) is 0 Å². The molecular formula is C8H13NO2. The highest BCUT2D eigenvalue weighted by atomic mass is 16.4. The molecule has 3 unspecified atom stereocenters. The summed E-state index contributed by atoms with van der Waals surface area (Å²) in [7, 11) is 0. The zero-order chi connectivity index (χ0) is 8.06. The molecular weight excluding hydrogens is 142 g/mol. The van der Waals surface area contributed by atoms with Crippen molar-refractivity contribution in [3.63, 3.8) is 0 Å². The number of hydrogen-bond donors (Lipinski definition) is 2. The number of carbonyl (C=O) groups is 1. The van der Waals surface area contributed by atoms with E-state index in [-0.39, 0.29) is 6.04 Å². The predicted molar refractivity (Wildman–Crippen MR) is 40.3 cm³/mol. The molecule has 11 heavy (non-hydrogen) atoms. The van der Waals surface area contributed by atoms with Gasteiger partial charge in [-0.25, -0.2) is 0 Å². The summed E-state index contributed by atoms with van der Waals surface area (Å²) in [5.74, 6) is -0.154. The molecule has 2 fully saturated rings. The van der Waals surface area contributed by atoms with Crippen LogP contribution in [0.3, 0.4) is 0 Å². The predicted octanol–water partition coefficient (Wildman–Crippen LogP) is 0.459. The molecule has 1 saturated carbocycles. The van der Waals surface area contributed by atoms with Gasteiger partial charge < -0.3 is 10.4 Å². The van der Waals surface area contributed by atoms with E-state index in [0.717, 1.165) is 19.4 Å². The summed E-state index contributed by atoms with van der Waals surface area (Å²) in [5, 5.41) is 12.2. The molecule has 3 heteroatoms. The van der Waals surface area contributed by atoms with E-state index in [2.05, 4.69) is 5.32 Å². The van der Waals surface area contributed by atoms with Gasteiger partial charge in [0.1, 0.15) is 0 Å². The summed E-state index contributed by atoms with van der Waals surface area (Å²) in [5.41, 5.74) is -0.391. The van der Waals surface area contributed by atoms with Gasteiger partial charge in [-0.2, -0.15) is 0 Å². The van der Waals surface area contributed by atoms with Gasteiger partial charge >= 0.3 is 5.97 Å². The van der Waals surface area contributed by atoms with E-state index < -0.39 is 11.4 Å². The van der Waals surface area contributed by atoms with Gasteiger partial charge in [0.2, 0.25) is 0 Å². The molecule has 2 rings (SSSR count). The lowest BCUT2D eigenvalue weighted by molar-refractivity contribution is -0.145. The first kappa shape index (κ1) is 7.10. The Morgan fingerprint density at radius 2 is 2.45 bits per heavy atom. The number of carboxylic acids is 1. The zero-order valence-electron chi connectivity index (χ0n) is 6.63. The highest BCUT2D eigenvalue weighted by molar-refractivity contribution is 5.80. The van der Waals surface area contributed by atoms with Crippen molar-refractivity contribution in [2.75, 3.05) is 6.54 Å². The molecule has 3 atom stereocenters. The Hall–Kier alpha value is -0.570. The lowest BCUT2D eigenvalue weighted by Crippen LogP contribution is -2.44. The molecule has 3 nitrogen and oxygen atoms in total. The van der Waals surface area contributed by atoms with Crippen molar-refractivity contribution < 1.29 is 9.90 Å². The molecule has 0 amide bonds. The summed E-state index contributed by atoms with van der Waals surface area (Å²) in [4.78, 5) is 10.9. The number of hydrogen-bond acceptors (Lipinski definition) is 2. The Balaban J connectivity index is 2.20. The van der Waals surface area contributed by atoms with Gasteiger partial charge in [-0.3, -0.25) is 4.79 Å². The SMILES string of the molecule is CC1NCCC2CC21C(=O)O. The average Bonchev–Trinajstić information content (AvgIpc) is 2.64. The van der Waals surface area contributed by atoms with E-state index in [1.807, 2.05) is 6.92 Å². The van der Waals surface area contributed by atoms with Crippen LogP contribution in [0.5, 0.6) is 0 Å². The third kappa shape index (κ3) is 0.745. The number of rotatable bonds is 1. The maximum atomic E-state index is 10.9. The molecule has 0 aromatic heterocycles. The molecule has 0 spiro atoms. The minimum absolute atomic E-state index is 0.166. The number of nitrogens with one attached hydrogen (secondary N) is 1. The van der Waals surface area contributed by atoms with Crippen LogP contribution in [0.4, 0.5) is 0 Å². The van der Waals surface area contributed by atoms with Crippen molar-refractivity contribution in [3.05, 3.63) is 0 Å². The Bertz CT molecular complexity index is 204. The summed E-state index contributed by atoms with van der Waals surface area (Å²) in [6, 6.07) is 0.166. The summed E-state index contributed by atoms with van der Waals surface area (Å²) >= 11 is 0. The lowest BCUT2D eigenvalue weighted by Gasteiger charge is -2.26. The second-order valence-electron chi connectivity index (χ2n) is 3.71. The van der Waals surface area contributed by atoms with Crippen LogP contribution in [-0.4, -0.2) is 23.7 Å². The van der Waals surface area contributed by atoms with Crippen LogP contribution < -0.4 is 5.32 Å². The standard InChI is InChI=1S/C8H13NO2/c1-5-8(7(10)11)4-6(8)2-3-9-5/h5-6,9H,2-4H2,1H3,(H,10,11). The van der Waals surface area contributed by atoms with E-state index in [4.69, 9.17) is 5.11 Å². The van der Waals surface area contributed by atoms with Gasteiger partial charge in [-0.15, -0.1) is 0 Å². The molecule has 1 aliphatic carbocycles. The number of carboxylic acid groups (broad SMARTS) is 1. The van der Waals surface area contributed by atoms with Crippen LogP contribution in [0.1, 0.15) is 19.8 Å². The van der Waals surface area contributed by atoms with Gasteiger partial charge in [0.25, 0.3) is 0 Å². The highest BCUT2D eigenvalue weighted by Gasteiger charge is 2.64. The molecule has 1 aliphatic heterocycles. The third-order valence-electron chi connectivity index (χ3n) is 3.27. The Morgan fingerprint density at radius 3 is 2.91 bits per heavy atom. The largest absolute Gasteiger partial charge is 0.481 e. The van der Waals surface area contributed by atoms with E-state index >= 15 is 0 Å².